The Labute approximate surface area is 198 Å². The van der Waals surface area contributed by atoms with Gasteiger partial charge in [0.05, 0.1) is 23.3 Å². The molecule has 4 rings (SSSR count). The Bertz CT molecular complexity index is 1230. The molecule has 3 N–H and O–H groups in total. The van der Waals surface area contributed by atoms with Gasteiger partial charge in [0.25, 0.3) is 5.91 Å². The number of nitrogens with zero attached hydrogens (tertiary/aromatic N) is 2. The van der Waals surface area contributed by atoms with Gasteiger partial charge in [-0.2, -0.15) is 5.26 Å². The van der Waals surface area contributed by atoms with Crippen LogP contribution in [-0.4, -0.2) is 16.7 Å². The van der Waals surface area contributed by atoms with Gasteiger partial charge in [0.2, 0.25) is 0 Å². The van der Waals surface area contributed by atoms with Crippen molar-refractivity contribution in [1.82, 2.24) is 10.4 Å². The number of nitriles is 1. The number of carbonyl (C=O) groups is 2. The van der Waals surface area contributed by atoms with Gasteiger partial charge in [-0.25, -0.2) is 5.01 Å². The number of nitrogens with one attached hydrogen (secondary N) is 1. The zero-order valence-electron chi connectivity index (χ0n) is 18.8. The number of benzene rings is 2. The third-order valence-corrected chi connectivity index (χ3v) is 6.36. The molecule has 33 heavy (non-hydrogen) atoms. The molecule has 1 aliphatic carbocycles. The summed E-state index contributed by atoms with van der Waals surface area (Å²) in [5, 5.41) is 12.0. The molecule has 1 unspecified atom stereocenters. The lowest BCUT2D eigenvalue weighted by atomic mass is 9.69. The Morgan fingerprint density at radius 3 is 2.39 bits per heavy atom. The van der Waals surface area contributed by atoms with Gasteiger partial charge in [-0.15, -0.1) is 0 Å². The SMILES string of the molecule is Cc1ccc(C2C(C#N)=C(N)N(NC(=O)c3ccc(Cl)cc3)C3=C2C(=O)CC(C)(C)C3)cc1. The van der Waals surface area contributed by atoms with Crippen molar-refractivity contribution >= 4 is 23.3 Å². The van der Waals surface area contributed by atoms with Crippen molar-refractivity contribution < 1.29 is 9.59 Å². The molecule has 2 aliphatic rings. The molecule has 0 saturated heterocycles. The molecule has 7 heteroatoms. The highest BCUT2D eigenvalue weighted by atomic mass is 35.5. The lowest BCUT2D eigenvalue weighted by molar-refractivity contribution is -0.118. The highest BCUT2D eigenvalue weighted by molar-refractivity contribution is 6.30. The fraction of sp³-hybridized carbons (Fsp3) is 0.269. The summed E-state index contributed by atoms with van der Waals surface area (Å²) in [6.07, 6.45) is 0.877. The summed E-state index contributed by atoms with van der Waals surface area (Å²) in [7, 11) is 0. The van der Waals surface area contributed by atoms with Crippen LogP contribution in [0.25, 0.3) is 0 Å². The first kappa shape index (κ1) is 22.6. The minimum absolute atomic E-state index is 0.0437. The van der Waals surface area contributed by atoms with Gasteiger partial charge >= 0.3 is 0 Å². The van der Waals surface area contributed by atoms with Gasteiger partial charge in [0.15, 0.2) is 5.78 Å². The van der Waals surface area contributed by atoms with E-state index in [0.29, 0.717) is 34.7 Å². The maximum atomic E-state index is 13.4. The number of Topliss-reactive ketones (excluding diaryl/α,β-unsaturated/α-hetero) is 1. The first-order chi connectivity index (χ1) is 15.6. The first-order valence-corrected chi connectivity index (χ1v) is 11.1. The second-order valence-corrected chi connectivity index (χ2v) is 9.78. The van der Waals surface area contributed by atoms with Gasteiger partial charge < -0.3 is 5.73 Å². The predicted octanol–water partition coefficient (Wildman–Crippen LogP) is 4.73. The van der Waals surface area contributed by atoms with Crippen LogP contribution in [0.1, 0.15) is 54.1 Å². The highest BCUT2D eigenvalue weighted by Crippen LogP contribution is 2.48. The molecule has 0 spiro atoms. The highest BCUT2D eigenvalue weighted by Gasteiger charge is 2.44. The minimum Gasteiger partial charge on any atom is -0.383 e. The Balaban J connectivity index is 1.84. The summed E-state index contributed by atoms with van der Waals surface area (Å²) in [6, 6.07) is 16.4. The Morgan fingerprint density at radius 2 is 1.79 bits per heavy atom. The topological polar surface area (TPSA) is 99.2 Å². The fourth-order valence-electron chi connectivity index (χ4n) is 4.50. The van der Waals surface area contributed by atoms with Crippen molar-refractivity contribution in [2.75, 3.05) is 0 Å². The van der Waals surface area contributed by atoms with Gasteiger partial charge in [0, 0.05) is 22.6 Å². The van der Waals surface area contributed by atoms with Crippen molar-refractivity contribution in [2.45, 2.75) is 39.5 Å². The molecule has 0 saturated carbocycles. The molecule has 1 amide bonds. The fourth-order valence-corrected chi connectivity index (χ4v) is 4.62. The number of carbonyl (C=O) groups excluding carboxylic acids is 2. The average Bonchev–Trinajstić information content (AvgIpc) is 2.75. The van der Waals surface area contributed by atoms with E-state index in [2.05, 4.69) is 11.5 Å². The summed E-state index contributed by atoms with van der Waals surface area (Å²) in [5.41, 5.74) is 12.6. The van der Waals surface area contributed by atoms with Crippen molar-refractivity contribution in [3.8, 4) is 6.07 Å². The molecule has 0 fully saturated rings. The van der Waals surface area contributed by atoms with E-state index in [1.54, 1.807) is 24.3 Å². The normalized spacial score (nSPS) is 19.8. The molecule has 168 valence electrons. The molecule has 1 atom stereocenters. The summed E-state index contributed by atoms with van der Waals surface area (Å²) >= 11 is 5.94. The maximum Gasteiger partial charge on any atom is 0.270 e. The Hall–Kier alpha value is -3.56. The lowest BCUT2D eigenvalue weighted by Crippen LogP contribution is -2.49. The van der Waals surface area contributed by atoms with Crippen molar-refractivity contribution in [3.05, 3.63) is 92.9 Å². The predicted molar refractivity (Wildman–Crippen MR) is 127 cm³/mol. The molecule has 0 radical (unpaired) electrons. The maximum absolute atomic E-state index is 13.4. The third kappa shape index (κ3) is 4.24. The van der Waals surface area contributed by atoms with E-state index in [4.69, 9.17) is 17.3 Å². The second kappa shape index (κ2) is 8.42. The van der Waals surface area contributed by atoms with Crippen LogP contribution >= 0.6 is 11.6 Å². The number of nitrogens with two attached hydrogens (primary N) is 1. The van der Waals surface area contributed by atoms with Gasteiger partial charge in [-0.05, 0) is 48.6 Å². The van der Waals surface area contributed by atoms with Gasteiger partial charge in [-0.3, -0.25) is 15.0 Å². The number of ketones is 1. The number of hydrogen-bond acceptors (Lipinski definition) is 5. The molecule has 0 aromatic heterocycles. The third-order valence-electron chi connectivity index (χ3n) is 6.11. The van der Waals surface area contributed by atoms with Crippen LogP contribution in [0.2, 0.25) is 5.02 Å². The quantitative estimate of drug-likeness (QED) is 0.689. The number of rotatable bonds is 3. The average molecular weight is 461 g/mol. The molecule has 2 aromatic carbocycles. The summed E-state index contributed by atoms with van der Waals surface area (Å²) in [5.74, 6) is -0.909. The van der Waals surface area contributed by atoms with Gasteiger partial charge in [-0.1, -0.05) is 55.3 Å². The zero-order valence-corrected chi connectivity index (χ0v) is 19.5. The van der Waals surface area contributed by atoms with E-state index in [-0.39, 0.29) is 22.6 Å². The van der Waals surface area contributed by atoms with E-state index >= 15 is 0 Å². The van der Waals surface area contributed by atoms with Crippen LogP contribution in [-0.2, 0) is 4.79 Å². The van der Waals surface area contributed by atoms with Crippen molar-refractivity contribution in [2.24, 2.45) is 11.1 Å². The monoisotopic (exact) mass is 460 g/mol. The van der Waals surface area contributed by atoms with Crippen LogP contribution in [0.5, 0.6) is 0 Å². The van der Waals surface area contributed by atoms with Crippen LogP contribution in [0.4, 0.5) is 0 Å². The number of hydrazine groups is 1. The Kier molecular flexibility index (Phi) is 5.77. The summed E-state index contributed by atoms with van der Waals surface area (Å²) in [6.45, 7) is 6.00. The molecule has 1 heterocycles. The first-order valence-electron chi connectivity index (χ1n) is 10.7. The summed E-state index contributed by atoms with van der Waals surface area (Å²) < 4.78 is 0. The number of halogens is 1. The minimum atomic E-state index is -0.571. The van der Waals surface area contributed by atoms with Crippen LogP contribution in [0.3, 0.4) is 0 Å². The standard InChI is InChI=1S/C26H25ClN4O2/c1-15-4-6-16(7-5-15)22-19(14-28)24(29)31(20-12-26(2,3)13-21(32)23(20)22)30-25(33)17-8-10-18(27)11-9-17/h4-11,22H,12-13,29H2,1-3H3,(H,30,33). The Morgan fingerprint density at radius 1 is 1.15 bits per heavy atom. The van der Waals surface area contributed by atoms with Crippen LogP contribution in [0, 0.1) is 23.7 Å². The molecule has 2 aromatic rings. The number of allylic oxidation sites excluding steroid dienone is 3. The van der Waals surface area contributed by atoms with E-state index < -0.39 is 11.8 Å². The van der Waals surface area contributed by atoms with E-state index in [0.717, 1.165) is 11.1 Å². The number of hydrogen-bond donors (Lipinski definition) is 2. The van der Waals surface area contributed by atoms with E-state index in [1.807, 2.05) is 45.0 Å². The molecule has 6 nitrogen and oxygen atoms in total. The summed E-state index contributed by atoms with van der Waals surface area (Å²) in [4.78, 5) is 26.4. The number of aryl methyl sites for hydroxylation is 1. The molecular weight excluding hydrogens is 436 g/mol. The largest absolute Gasteiger partial charge is 0.383 e. The smallest absolute Gasteiger partial charge is 0.270 e. The zero-order chi connectivity index (χ0) is 23.9. The van der Waals surface area contributed by atoms with E-state index in [1.165, 1.54) is 5.01 Å². The van der Waals surface area contributed by atoms with Crippen molar-refractivity contribution in [1.29, 1.82) is 5.26 Å². The van der Waals surface area contributed by atoms with Crippen LogP contribution < -0.4 is 11.2 Å². The van der Waals surface area contributed by atoms with E-state index in [9.17, 15) is 14.9 Å². The molecular formula is C26H25ClN4O2. The molecule has 0 bridgehead atoms. The van der Waals surface area contributed by atoms with Crippen LogP contribution in [0.15, 0.2) is 71.2 Å². The second-order valence-electron chi connectivity index (χ2n) is 9.34. The lowest BCUT2D eigenvalue weighted by Gasteiger charge is -2.43. The van der Waals surface area contributed by atoms with Gasteiger partial charge in [0.1, 0.15) is 5.82 Å². The number of amides is 1. The molecule has 1 aliphatic heterocycles. The van der Waals surface area contributed by atoms with Crippen molar-refractivity contribution in [3.63, 3.8) is 0 Å².